The molecule has 0 amide bonds. The number of carboxylic acid groups (broad SMARTS) is 1. The maximum Gasteiger partial charge on any atom is 0.331 e. The molecule has 12 heteroatoms. The van der Waals surface area contributed by atoms with E-state index >= 15 is 0 Å². The van der Waals surface area contributed by atoms with Crippen molar-refractivity contribution in [2.45, 2.75) is 143 Å². The van der Waals surface area contributed by atoms with Gasteiger partial charge in [0.15, 0.2) is 28.1 Å². The number of carbonyl (C=O) groups is 1. The van der Waals surface area contributed by atoms with Crippen LogP contribution in [0, 0.1) is 11.8 Å². The Morgan fingerprint density at radius 3 is 1.93 bits per heavy atom. The summed E-state index contributed by atoms with van der Waals surface area (Å²) in [6, 6.07) is 4.66. The fourth-order valence-corrected chi connectivity index (χ4v) is 11.0. The van der Waals surface area contributed by atoms with Crippen molar-refractivity contribution >= 4 is 28.3 Å². The number of nitrogens with two attached hydrogens (primary N) is 1. The van der Waals surface area contributed by atoms with Crippen LogP contribution in [0.3, 0.4) is 0 Å². The van der Waals surface area contributed by atoms with Crippen molar-refractivity contribution in [3.8, 4) is 17.2 Å². The summed E-state index contributed by atoms with van der Waals surface area (Å²) in [6.45, 7) is 26.0. The van der Waals surface area contributed by atoms with Crippen molar-refractivity contribution in [2.75, 3.05) is 41.3 Å². The summed E-state index contributed by atoms with van der Waals surface area (Å²) in [5.74, 6) is 0.861. The van der Waals surface area contributed by atoms with Gasteiger partial charge in [-0.25, -0.2) is 4.79 Å². The maximum absolute atomic E-state index is 11.5. The summed E-state index contributed by atoms with van der Waals surface area (Å²) in [6.07, 6.45) is 7.52. The van der Waals surface area contributed by atoms with Crippen LogP contribution in [0.15, 0.2) is 41.5 Å². The maximum atomic E-state index is 11.5. The predicted molar refractivity (Wildman–Crippen MR) is 227 cm³/mol. The van der Waals surface area contributed by atoms with Crippen LogP contribution in [0.2, 0.25) is 36.3 Å². The van der Waals surface area contributed by atoms with Crippen LogP contribution in [0.4, 0.5) is 5.69 Å². The lowest BCUT2D eigenvalue weighted by Crippen LogP contribution is -2.50. The number of benzene rings is 1. The van der Waals surface area contributed by atoms with E-state index in [1.54, 1.807) is 60.7 Å². The van der Waals surface area contributed by atoms with E-state index in [0.717, 1.165) is 29.3 Å². The van der Waals surface area contributed by atoms with Crippen LogP contribution < -0.4 is 19.9 Å². The van der Waals surface area contributed by atoms with Crippen molar-refractivity contribution in [1.82, 2.24) is 0 Å². The molecule has 0 aliphatic rings. The zero-order chi connectivity index (χ0) is 41.6. The van der Waals surface area contributed by atoms with Gasteiger partial charge in [0.1, 0.15) is 11.9 Å². The molecule has 0 saturated carbocycles. The molecule has 6 atom stereocenters. The topological polar surface area (TPSA) is 128 Å². The van der Waals surface area contributed by atoms with E-state index in [-0.39, 0.29) is 40.8 Å². The van der Waals surface area contributed by atoms with E-state index in [1.807, 2.05) is 6.08 Å². The summed E-state index contributed by atoms with van der Waals surface area (Å²) in [5, 5.41) is 9.38. The average Bonchev–Trinajstić information content (AvgIpc) is 3.11. The molecular formula is C42H75NO9Si2. The van der Waals surface area contributed by atoms with E-state index < -0.39 is 28.7 Å². The summed E-state index contributed by atoms with van der Waals surface area (Å²) >= 11 is 0. The molecule has 10 nitrogen and oxygen atoms in total. The molecule has 54 heavy (non-hydrogen) atoms. The standard InChI is InChI=1S/C42H75NO9Si2/c1-18-54(19-2,20-3)52-37(34(46-11)23-21-22-29(5)41(44)45)30(6)26-31(7)38(51-53(16,17)42(8,9)10)35(47-12)25-28(4)24-32-39(49-14)33(43)27-36(48-13)40(32)50-15/h21-23,26-28,31,34-35,37-38H,18-20,24-25,43H2,1-17H3,(H,44,45)/b23-21-,29-22+,30-26+/t28-,31+,34+,35+,37+,38-/m1/s1. The van der Waals surface area contributed by atoms with Gasteiger partial charge in [0.05, 0.1) is 45.3 Å². The quantitative estimate of drug-likeness (QED) is 0.0343. The molecule has 0 spiro atoms. The minimum absolute atomic E-state index is 0.0275. The normalized spacial score (nSPS) is 16.8. The molecule has 0 saturated heterocycles. The number of methoxy groups -OCH3 is 5. The first-order valence-electron chi connectivity index (χ1n) is 19.4. The molecule has 0 fully saturated rings. The molecule has 0 aliphatic carbocycles. The third-order valence-corrected chi connectivity index (χ3v) is 20.5. The summed E-state index contributed by atoms with van der Waals surface area (Å²) in [7, 11) is 3.90. The first kappa shape index (κ1) is 49.4. The number of carboxylic acids is 1. The Bertz CT molecular complexity index is 1410. The fourth-order valence-electron chi connectivity index (χ4n) is 6.71. The zero-order valence-electron chi connectivity index (χ0n) is 36.7. The Hall–Kier alpha value is -2.62. The van der Waals surface area contributed by atoms with Gasteiger partial charge in [0.2, 0.25) is 0 Å². The van der Waals surface area contributed by atoms with Crippen molar-refractivity contribution in [1.29, 1.82) is 0 Å². The van der Waals surface area contributed by atoms with Gasteiger partial charge in [-0.2, -0.15) is 0 Å². The number of ether oxygens (including phenoxy) is 5. The SMILES string of the molecule is CC[Si](CC)(CC)O[C@@H](/C(C)=C/[C@H](C)[C@@H](O[Si](C)(C)C(C)(C)C)[C@H](C[C@H](C)Cc1c(OC)c(N)cc(OC)c1OC)OC)[C@H](/C=C\C=C(/C)C(=O)O)OC. The average molecular weight is 794 g/mol. The number of rotatable bonds is 24. The molecule has 0 heterocycles. The molecule has 0 unspecified atom stereocenters. The van der Waals surface area contributed by atoms with Crippen LogP contribution in [-0.2, 0) is 29.5 Å². The lowest BCUT2D eigenvalue weighted by Gasteiger charge is -2.43. The molecule has 1 rings (SSSR count). The highest BCUT2D eigenvalue weighted by Crippen LogP contribution is 2.44. The lowest BCUT2D eigenvalue weighted by atomic mass is 9.88. The third-order valence-electron chi connectivity index (χ3n) is 11.4. The highest BCUT2D eigenvalue weighted by molar-refractivity contribution is 6.74. The second kappa shape index (κ2) is 22.2. The van der Waals surface area contributed by atoms with Crippen molar-refractivity contribution in [2.24, 2.45) is 11.8 Å². The van der Waals surface area contributed by atoms with E-state index in [1.165, 1.54) is 0 Å². The first-order chi connectivity index (χ1) is 25.2. The van der Waals surface area contributed by atoms with Crippen molar-refractivity contribution in [3.05, 3.63) is 47.1 Å². The lowest BCUT2D eigenvalue weighted by molar-refractivity contribution is -0.132. The minimum Gasteiger partial charge on any atom is -0.494 e. The number of hydrogen-bond donors (Lipinski definition) is 2. The second-order valence-corrected chi connectivity index (χ2v) is 25.6. The van der Waals surface area contributed by atoms with Crippen molar-refractivity contribution in [3.63, 3.8) is 0 Å². The predicted octanol–water partition coefficient (Wildman–Crippen LogP) is 9.84. The van der Waals surface area contributed by atoms with Crippen LogP contribution in [0.1, 0.15) is 81.2 Å². The molecule has 1 aromatic carbocycles. The van der Waals surface area contributed by atoms with E-state index in [9.17, 15) is 9.90 Å². The summed E-state index contributed by atoms with van der Waals surface area (Å²) in [5.41, 5.74) is 9.03. The van der Waals surface area contributed by atoms with Crippen LogP contribution in [-0.4, -0.2) is 87.7 Å². The van der Waals surface area contributed by atoms with Gasteiger partial charge in [0, 0.05) is 37.3 Å². The van der Waals surface area contributed by atoms with Gasteiger partial charge < -0.3 is 43.4 Å². The van der Waals surface area contributed by atoms with Gasteiger partial charge in [-0.3, -0.25) is 0 Å². The zero-order valence-corrected chi connectivity index (χ0v) is 38.7. The monoisotopic (exact) mass is 793 g/mol. The van der Waals surface area contributed by atoms with Crippen LogP contribution in [0.25, 0.3) is 0 Å². The van der Waals surface area contributed by atoms with E-state index in [4.69, 9.17) is 38.3 Å². The van der Waals surface area contributed by atoms with Gasteiger partial charge in [0.25, 0.3) is 0 Å². The number of anilines is 1. The Morgan fingerprint density at radius 1 is 0.907 bits per heavy atom. The van der Waals surface area contributed by atoms with Gasteiger partial charge >= 0.3 is 5.97 Å². The summed E-state index contributed by atoms with van der Waals surface area (Å²) in [4.78, 5) is 11.5. The van der Waals surface area contributed by atoms with Gasteiger partial charge in [-0.15, -0.1) is 0 Å². The Balaban J connectivity index is 3.81. The Kier molecular flexibility index (Phi) is 20.3. The Morgan fingerprint density at radius 2 is 1.48 bits per heavy atom. The van der Waals surface area contributed by atoms with Crippen LogP contribution in [0.5, 0.6) is 17.2 Å². The highest BCUT2D eigenvalue weighted by atomic mass is 28.4. The molecule has 310 valence electrons. The van der Waals surface area contributed by atoms with E-state index in [2.05, 4.69) is 81.5 Å². The molecular weight excluding hydrogens is 719 g/mol. The van der Waals surface area contributed by atoms with Gasteiger partial charge in [-0.1, -0.05) is 79.7 Å². The molecule has 0 radical (unpaired) electrons. The molecule has 3 N–H and O–H groups in total. The number of hydrogen-bond acceptors (Lipinski definition) is 9. The smallest absolute Gasteiger partial charge is 0.331 e. The molecule has 0 aromatic heterocycles. The molecule has 0 bridgehead atoms. The Labute approximate surface area is 330 Å². The number of aliphatic carboxylic acids is 1. The molecule has 0 aliphatic heterocycles. The fraction of sp³-hybridized carbons (Fsp3) is 0.690. The minimum atomic E-state index is -2.28. The van der Waals surface area contributed by atoms with Crippen molar-refractivity contribution < 1.29 is 42.4 Å². The largest absolute Gasteiger partial charge is 0.494 e. The number of allylic oxidation sites excluding steroid dienone is 2. The third kappa shape index (κ3) is 13.3. The number of nitrogen functional groups attached to an aromatic ring is 1. The van der Waals surface area contributed by atoms with Gasteiger partial charge in [-0.05, 0) is 74.4 Å². The highest BCUT2D eigenvalue weighted by Gasteiger charge is 2.43. The second-order valence-electron chi connectivity index (χ2n) is 16.2. The first-order valence-corrected chi connectivity index (χ1v) is 24.9. The summed E-state index contributed by atoms with van der Waals surface area (Å²) < 4.78 is 44.1. The molecule has 1 aromatic rings. The van der Waals surface area contributed by atoms with E-state index in [0.29, 0.717) is 35.8 Å². The van der Waals surface area contributed by atoms with Crippen LogP contribution >= 0.6 is 0 Å².